The number of benzene rings is 1. The molecule has 2 radical (unpaired) electrons. The number of rotatable bonds is 6. The number of carbonyl (C=O) groups excluding carboxylic acids is 1. The number of likely N-dealkylation sites (N-methyl/N-ethyl adjacent to an activating group) is 1. The Morgan fingerprint density at radius 2 is 2.07 bits per heavy atom. The summed E-state index contributed by atoms with van der Waals surface area (Å²) in [5, 5.41) is 6.44. The Balaban J connectivity index is 1.84. The molecule has 2 aromatic heterocycles. The van der Waals surface area contributed by atoms with Crippen LogP contribution >= 0.6 is 0 Å². The molecule has 0 atom stereocenters. The van der Waals surface area contributed by atoms with E-state index in [1.54, 1.807) is 24.4 Å². The van der Waals surface area contributed by atoms with Crippen LogP contribution in [-0.2, 0) is 4.79 Å². The quantitative estimate of drug-likeness (QED) is 0.504. The first-order valence-electron chi connectivity index (χ1n) is 8.47. The molecular weight excluding hydrogens is 358 g/mol. The monoisotopic (exact) mass is 376 g/mol. The number of aromatic nitrogens is 3. The van der Waals surface area contributed by atoms with Gasteiger partial charge in [-0.15, -0.1) is 0 Å². The Morgan fingerprint density at radius 1 is 1.25 bits per heavy atom. The number of nitrogens with one attached hydrogen (secondary N) is 2. The van der Waals surface area contributed by atoms with E-state index >= 15 is 0 Å². The fourth-order valence-corrected chi connectivity index (χ4v) is 2.42. The Hall–Kier alpha value is -3.33. The maximum Gasteiger partial charge on any atom is 0.249 e. The topological polar surface area (TPSA) is 83.0 Å². The lowest BCUT2D eigenvalue weighted by Crippen LogP contribution is -2.13. The summed E-state index contributed by atoms with van der Waals surface area (Å²) >= 11 is 0. The highest BCUT2D eigenvalue weighted by atomic mass is 19.1. The van der Waals surface area contributed by atoms with Crippen LogP contribution in [-0.4, -0.2) is 54.2 Å². The number of amides is 1. The van der Waals surface area contributed by atoms with E-state index in [9.17, 15) is 9.18 Å². The van der Waals surface area contributed by atoms with Crippen LogP contribution in [0.25, 0.3) is 10.9 Å². The minimum absolute atomic E-state index is 0.0301. The van der Waals surface area contributed by atoms with E-state index in [4.69, 9.17) is 7.85 Å². The first kappa shape index (κ1) is 19.4. The average Bonchev–Trinajstić information content (AvgIpc) is 2.65. The Bertz CT molecular complexity index is 1040. The van der Waals surface area contributed by atoms with Gasteiger partial charge in [-0.3, -0.25) is 4.79 Å². The molecule has 0 unspecified atom stereocenters. The molecule has 0 aliphatic rings. The Labute approximate surface area is 163 Å². The van der Waals surface area contributed by atoms with Crippen molar-refractivity contribution in [3.05, 3.63) is 54.8 Å². The van der Waals surface area contributed by atoms with E-state index in [2.05, 4.69) is 25.6 Å². The van der Waals surface area contributed by atoms with Gasteiger partial charge in [0.2, 0.25) is 5.91 Å². The summed E-state index contributed by atoms with van der Waals surface area (Å²) in [4.78, 5) is 26.6. The second-order valence-electron chi connectivity index (χ2n) is 6.32. The van der Waals surface area contributed by atoms with Crippen LogP contribution in [0, 0.1) is 5.82 Å². The predicted octanol–water partition coefficient (Wildman–Crippen LogP) is 1.76. The summed E-state index contributed by atoms with van der Waals surface area (Å²) in [7, 11) is 9.44. The molecule has 1 aromatic carbocycles. The van der Waals surface area contributed by atoms with Gasteiger partial charge in [-0.2, -0.15) is 0 Å². The van der Waals surface area contributed by atoms with Gasteiger partial charge in [-0.05, 0) is 38.4 Å². The van der Waals surface area contributed by atoms with E-state index in [1.165, 1.54) is 24.5 Å². The molecule has 2 N–H and O–H groups in total. The van der Waals surface area contributed by atoms with Crippen LogP contribution in [0.15, 0.2) is 48.9 Å². The van der Waals surface area contributed by atoms with E-state index in [0.717, 1.165) is 0 Å². The summed E-state index contributed by atoms with van der Waals surface area (Å²) in [6.07, 6.45) is 6.14. The van der Waals surface area contributed by atoms with Crippen molar-refractivity contribution in [2.45, 2.75) is 0 Å². The second-order valence-corrected chi connectivity index (χ2v) is 6.32. The first-order valence-corrected chi connectivity index (χ1v) is 8.47. The van der Waals surface area contributed by atoms with Crippen molar-refractivity contribution < 1.29 is 9.18 Å². The van der Waals surface area contributed by atoms with Crippen LogP contribution in [0.1, 0.15) is 0 Å². The fourth-order valence-electron chi connectivity index (χ4n) is 2.42. The van der Waals surface area contributed by atoms with E-state index in [0.29, 0.717) is 34.8 Å². The summed E-state index contributed by atoms with van der Waals surface area (Å²) in [5.74, 6) is 0.0708. The zero-order valence-corrected chi connectivity index (χ0v) is 15.5. The molecule has 0 spiro atoms. The highest BCUT2D eigenvalue weighted by Crippen LogP contribution is 2.24. The van der Waals surface area contributed by atoms with Crippen molar-refractivity contribution in [1.29, 1.82) is 0 Å². The van der Waals surface area contributed by atoms with Crippen molar-refractivity contribution >= 4 is 47.4 Å². The molecular formula is C19H18BFN6O. The molecule has 3 rings (SSSR count). The summed E-state index contributed by atoms with van der Waals surface area (Å²) < 4.78 is 13.4. The van der Waals surface area contributed by atoms with Crippen molar-refractivity contribution in [2.24, 2.45) is 0 Å². The maximum absolute atomic E-state index is 13.4. The third-order valence-corrected chi connectivity index (χ3v) is 3.77. The lowest BCUT2D eigenvalue weighted by Gasteiger charge is -2.10. The molecule has 1 amide bonds. The molecule has 9 heteroatoms. The minimum atomic E-state index is -0.491. The third kappa shape index (κ3) is 4.89. The van der Waals surface area contributed by atoms with Gasteiger partial charge in [0.05, 0.1) is 11.7 Å². The van der Waals surface area contributed by atoms with Crippen LogP contribution < -0.4 is 16.1 Å². The zero-order chi connectivity index (χ0) is 20.1. The SMILES string of the molecule is [B]c1cc(Nc2ncnc3cnc(NC(=O)/C=C/CN(C)C)cc23)ccc1F. The summed E-state index contributed by atoms with van der Waals surface area (Å²) in [6, 6.07) is 5.97. The van der Waals surface area contributed by atoms with Gasteiger partial charge in [0.15, 0.2) is 0 Å². The van der Waals surface area contributed by atoms with Gasteiger partial charge in [0, 0.05) is 23.7 Å². The number of nitrogens with zero attached hydrogens (tertiary/aromatic N) is 4. The number of halogens is 1. The molecule has 0 aliphatic carbocycles. The predicted molar refractivity (Wildman–Crippen MR) is 109 cm³/mol. The van der Waals surface area contributed by atoms with Crippen molar-refractivity contribution in [3.63, 3.8) is 0 Å². The lowest BCUT2D eigenvalue weighted by atomic mass is 9.95. The van der Waals surface area contributed by atoms with Crippen LogP contribution in [0.5, 0.6) is 0 Å². The van der Waals surface area contributed by atoms with Crippen molar-refractivity contribution in [1.82, 2.24) is 19.9 Å². The number of pyridine rings is 1. The molecule has 3 aromatic rings. The summed E-state index contributed by atoms with van der Waals surface area (Å²) in [5.41, 5.74) is 1.20. The van der Waals surface area contributed by atoms with Crippen LogP contribution in [0.4, 0.5) is 21.7 Å². The van der Waals surface area contributed by atoms with Gasteiger partial charge in [-0.25, -0.2) is 19.3 Å². The molecule has 0 fully saturated rings. The van der Waals surface area contributed by atoms with Gasteiger partial charge < -0.3 is 15.5 Å². The number of fused-ring (bicyclic) bond motifs is 1. The second kappa shape index (κ2) is 8.58. The molecule has 7 nitrogen and oxygen atoms in total. The maximum atomic E-state index is 13.4. The Morgan fingerprint density at radius 3 is 2.82 bits per heavy atom. The minimum Gasteiger partial charge on any atom is -0.340 e. The fraction of sp³-hybridized carbons (Fsp3) is 0.158. The van der Waals surface area contributed by atoms with E-state index < -0.39 is 5.82 Å². The molecule has 0 bridgehead atoms. The van der Waals surface area contributed by atoms with Crippen LogP contribution in [0.3, 0.4) is 0 Å². The summed E-state index contributed by atoms with van der Waals surface area (Å²) in [6.45, 7) is 0.654. The molecule has 0 aliphatic heterocycles. The van der Waals surface area contributed by atoms with E-state index in [-0.39, 0.29) is 11.4 Å². The Kier molecular flexibility index (Phi) is 5.95. The molecule has 0 saturated heterocycles. The van der Waals surface area contributed by atoms with Gasteiger partial charge in [-0.1, -0.05) is 11.5 Å². The number of hydrogen-bond donors (Lipinski definition) is 2. The van der Waals surface area contributed by atoms with Crippen molar-refractivity contribution in [3.8, 4) is 0 Å². The normalized spacial score (nSPS) is 11.3. The number of anilines is 3. The molecule has 140 valence electrons. The number of carbonyl (C=O) groups is 1. The smallest absolute Gasteiger partial charge is 0.249 e. The van der Waals surface area contributed by atoms with Gasteiger partial charge in [0.1, 0.15) is 31.6 Å². The number of hydrogen-bond acceptors (Lipinski definition) is 6. The van der Waals surface area contributed by atoms with Gasteiger partial charge >= 0.3 is 0 Å². The average molecular weight is 376 g/mol. The lowest BCUT2D eigenvalue weighted by molar-refractivity contribution is -0.111. The largest absolute Gasteiger partial charge is 0.340 e. The van der Waals surface area contributed by atoms with E-state index in [1.807, 2.05) is 19.0 Å². The third-order valence-electron chi connectivity index (χ3n) is 3.77. The standard InChI is InChI=1S/C19H18BFN6O/c1-27(2)7-3-4-18(28)26-17-9-13-16(10-22-17)23-11-24-19(13)25-12-5-6-15(21)14(20)8-12/h3-6,8-11H,7H2,1-2H3,(H,22,26,28)(H,23,24,25)/b4-3+. The van der Waals surface area contributed by atoms with Crippen LogP contribution in [0.2, 0.25) is 0 Å². The highest BCUT2D eigenvalue weighted by Gasteiger charge is 2.08. The molecule has 0 saturated carbocycles. The first-order chi connectivity index (χ1) is 13.4. The zero-order valence-electron chi connectivity index (χ0n) is 15.5. The van der Waals surface area contributed by atoms with Gasteiger partial charge in [0.25, 0.3) is 0 Å². The molecule has 2 heterocycles. The van der Waals surface area contributed by atoms with Crippen molar-refractivity contribution in [2.75, 3.05) is 31.3 Å². The highest BCUT2D eigenvalue weighted by molar-refractivity contribution is 6.32. The molecule has 28 heavy (non-hydrogen) atoms.